The average molecular weight is 417 g/mol. The molecule has 2 aromatic rings. The lowest BCUT2D eigenvalue weighted by atomic mass is 10.1. The van der Waals surface area contributed by atoms with Gasteiger partial charge in [-0.25, -0.2) is 0 Å². The summed E-state index contributed by atoms with van der Waals surface area (Å²) in [5.74, 6) is 1.18. The SMILES string of the molecule is CCOc1ccc(C(C)NC(=O)C2CCCN2C(=O)c2cccs2)cc1OCC. The summed E-state index contributed by atoms with van der Waals surface area (Å²) in [4.78, 5) is 28.0. The molecular weight excluding hydrogens is 388 g/mol. The molecule has 1 aliphatic rings. The summed E-state index contributed by atoms with van der Waals surface area (Å²) < 4.78 is 11.3. The molecule has 0 spiro atoms. The summed E-state index contributed by atoms with van der Waals surface area (Å²) in [6.07, 6.45) is 1.52. The summed E-state index contributed by atoms with van der Waals surface area (Å²) in [5, 5.41) is 4.94. The van der Waals surface area contributed by atoms with Gasteiger partial charge in [-0.2, -0.15) is 0 Å². The Bertz CT molecular complexity index is 837. The number of rotatable bonds is 8. The minimum atomic E-state index is -0.430. The molecule has 2 atom stereocenters. The van der Waals surface area contributed by atoms with Crippen molar-refractivity contribution in [1.29, 1.82) is 0 Å². The van der Waals surface area contributed by atoms with Crippen LogP contribution in [0.2, 0.25) is 0 Å². The van der Waals surface area contributed by atoms with Gasteiger partial charge in [0.05, 0.1) is 24.1 Å². The van der Waals surface area contributed by atoms with Gasteiger partial charge in [-0.1, -0.05) is 12.1 Å². The molecule has 1 fully saturated rings. The van der Waals surface area contributed by atoms with Crippen LogP contribution in [0.25, 0.3) is 0 Å². The zero-order valence-electron chi connectivity index (χ0n) is 17.1. The molecule has 1 aromatic heterocycles. The molecule has 0 aliphatic carbocycles. The highest BCUT2D eigenvalue weighted by atomic mass is 32.1. The molecule has 1 aliphatic heterocycles. The van der Waals surface area contributed by atoms with E-state index in [1.165, 1.54) is 11.3 Å². The molecule has 29 heavy (non-hydrogen) atoms. The topological polar surface area (TPSA) is 67.9 Å². The molecule has 7 heteroatoms. The lowest BCUT2D eigenvalue weighted by molar-refractivity contribution is -0.125. The molecule has 3 rings (SSSR count). The Kier molecular flexibility index (Phi) is 7.14. The lowest BCUT2D eigenvalue weighted by Crippen LogP contribution is -2.46. The number of nitrogens with one attached hydrogen (secondary N) is 1. The summed E-state index contributed by atoms with van der Waals surface area (Å²) in [5.41, 5.74) is 0.930. The molecule has 156 valence electrons. The molecule has 2 amide bonds. The molecular formula is C22H28N2O4S. The number of benzene rings is 1. The molecule has 1 saturated heterocycles. The monoisotopic (exact) mass is 416 g/mol. The molecule has 2 unspecified atom stereocenters. The van der Waals surface area contributed by atoms with E-state index in [0.717, 1.165) is 12.0 Å². The van der Waals surface area contributed by atoms with Gasteiger partial charge in [0.2, 0.25) is 5.91 Å². The average Bonchev–Trinajstić information content (AvgIpc) is 3.41. The Morgan fingerprint density at radius 3 is 2.66 bits per heavy atom. The van der Waals surface area contributed by atoms with Crippen molar-refractivity contribution in [3.05, 3.63) is 46.2 Å². The Morgan fingerprint density at radius 2 is 1.97 bits per heavy atom. The summed E-state index contributed by atoms with van der Waals surface area (Å²) in [7, 11) is 0. The van der Waals surface area contributed by atoms with Gasteiger partial charge < -0.3 is 19.7 Å². The number of likely N-dealkylation sites (tertiary alicyclic amines) is 1. The van der Waals surface area contributed by atoms with Crippen molar-refractivity contribution in [2.45, 2.75) is 45.7 Å². The highest BCUT2D eigenvalue weighted by Gasteiger charge is 2.35. The first-order valence-electron chi connectivity index (χ1n) is 10.1. The fourth-order valence-electron chi connectivity index (χ4n) is 3.55. The fraction of sp³-hybridized carbons (Fsp3) is 0.455. The first-order chi connectivity index (χ1) is 14.0. The molecule has 0 radical (unpaired) electrons. The van der Waals surface area contributed by atoms with Crippen molar-refractivity contribution < 1.29 is 19.1 Å². The molecule has 0 bridgehead atoms. The largest absolute Gasteiger partial charge is 0.490 e. The van der Waals surface area contributed by atoms with Crippen LogP contribution < -0.4 is 14.8 Å². The first-order valence-corrected chi connectivity index (χ1v) is 11.0. The smallest absolute Gasteiger partial charge is 0.264 e. The van der Waals surface area contributed by atoms with Gasteiger partial charge in [-0.3, -0.25) is 9.59 Å². The van der Waals surface area contributed by atoms with Crippen LogP contribution in [0.3, 0.4) is 0 Å². The van der Waals surface area contributed by atoms with E-state index in [2.05, 4.69) is 5.32 Å². The van der Waals surface area contributed by atoms with Crippen molar-refractivity contribution in [1.82, 2.24) is 10.2 Å². The van der Waals surface area contributed by atoms with Crippen LogP contribution in [0.15, 0.2) is 35.7 Å². The minimum Gasteiger partial charge on any atom is -0.490 e. The zero-order valence-corrected chi connectivity index (χ0v) is 18.0. The van der Waals surface area contributed by atoms with Crippen molar-refractivity contribution in [3.8, 4) is 11.5 Å². The van der Waals surface area contributed by atoms with Gasteiger partial charge in [0.25, 0.3) is 5.91 Å². The number of carbonyl (C=O) groups excluding carboxylic acids is 2. The molecule has 0 saturated carbocycles. The maximum absolute atomic E-state index is 12.9. The van der Waals surface area contributed by atoms with Crippen LogP contribution in [0.4, 0.5) is 0 Å². The van der Waals surface area contributed by atoms with Crippen LogP contribution >= 0.6 is 11.3 Å². The van der Waals surface area contributed by atoms with Gasteiger partial charge in [0.1, 0.15) is 6.04 Å². The Hall–Kier alpha value is -2.54. The second-order valence-corrected chi connectivity index (χ2v) is 7.88. The lowest BCUT2D eigenvalue weighted by Gasteiger charge is -2.25. The van der Waals surface area contributed by atoms with E-state index in [1.54, 1.807) is 11.0 Å². The van der Waals surface area contributed by atoms with Gasteiger partial charge in [-0.15, -0.1) is 11.3 Å². The van der Waals surface area contributed by atoms with Crippen LogP contribution in [0, 0.1) is 0 Å². The Labute approximate surface area is 175 Å². The minimum absolute atomic E-state index is 0.0648. The third-order valence-electron chi connectivity index (χ3n) is 4.97. The quantitative estimate of drug-likeness (QED) is 0.706. The van der Waals surface area contributed by atoms with E-state index in [1.807, 2.05) is 50.4 Å². The van der Waals surface area contributed by atoms with Crippen LogP contribution in [0.5, 0.6) is 11.5 Å². The molecule has 2 heterocycles. The standard InChI is InChI=1S/C22H28N2O4S/c1-4-27-18-11-10-16(14-19(18)28-5-2)15(3)23-21(25)17-8-6-12-24(17)22(26)20-9-7-13-29-20/h7,9-11,13-15,17H,4-6,8,12H2,1-3H3,(H,23,25). The van der Waals surface area contributed by atoms with Crippen molar-refractivity contribution in [2.24, 2.45) is 0 Å². The second-order valence-electron chi connectivity index (χ2n) is 6.94. The van der Waals surface area contributed by atoms with Crippen molar-refractivity contribution in [3.63, 3.8) is 0 Å². The number of hydrogen-bond donors (Lipinski definition) is 1. The number of nitrogens with zero attached hydrogens (tertiary/aromatic N) is 1. The molecule has 1 N–H and O–H groups in total. The number of carbonyl (C=O) groups is 2. The maximum Gasteiger partial charge on any atom is 0.264 e. The normalized spacial score (nSPS) is 17.1. The van der Waals surface area contributed by atoms with Gasteiger partial charge in [-0.05, 0) is 62.8 Å². The van der Waals surface area contributed by atoms with Gasteiger partial charge in [0, 0.05) is 6.54 Å². The predicted molar refractivity (Wildman–Crippen MR) is 114 cm³/mol. The third-order valence-corrected chi connectivity index (χ3v) is 5.83. The summed E-state index contributed by atoms with van der Waals surface area (Å²) >= 11 is 1.41. The first kappa shape index (κ1) is 21.2. The number of ether oxygens (including phenoxy) is 2. The highest BCUT2D eigenvalue weighted by molar-refractivity contribution is 7.12. The van der Waals surface area contributed by atoms with E-state index in [0.29, 0.717) is 42.6 Å². The fourth-order valence-corrected chi connectivity index (χ4v) is 4.23. The highest BCUT2D eigenvalue weighted by Crippen LogP contribution is 2.31. The van der Waals surface area contributed by atoms with Crippen molar-refractivity contribution in [2.75, 3.05) is 19.8 Å². The molecule has 1 aromatic carbocycles. The number of thiophene rings is 1. The number of amides is 2. The van der Waals surface area contributed by atoms with E-state index >= 15 is 0 Å². The van der Waals surface area contributed by atoms with Crippen molar-refractivity contribution >= 4 is 23.2 Å². The van der Waals surface area contributed by atoms with E-state index in [4.69, 9.17) is 9.47 Å². The third kappa shape index (κ3) is 4.90. The van der Waals surface area contributed by atoms with E-state index < -0.39 is 6.04 Å². The zero-order chi connectivity index (χ0) is 20.8. The predicted octanol–water partition coefficient (Wildman–Crippen LogP) is 4.03. The van der Waals surface area contributed by atoms with Gasteiger partial charge in [0.15, 0.2) is 11.5 Å². The van der Waals surface area contributed by atoms with Crippen LogP contribution in [-0.2, 0) is 4.79 Å². The van der Waals surface area contributed by atoms with Crippen LogP contribution in [0.1, 0.15) is 54.9 Å². The van der Waals surface area contributed by atoms with E-state index in [9.17, 15) is 9.59 Å². The maximum atomic E-state index is 12.9. The number of hydrogen-bond acceptors (Lipinski definition) is 5. The van der Waals surface area contributed by atoms with Crippen LogP contribution in [-0.4, -0.2) is 42.5 Å². The Morgan fingerprint density at radius 1 is 1.21 bits per heavy atom. The summed E-state index contributed by atoms with van der Waals surface area (Å²) in [6.45, 7) is 7.49. The Balaban J connectivity index is 1.69. The van der Waals surface area contributed by atoms with Gasteiger partial charge >= 0.3 is 0 Å². The van der Waals surface area contributed by atoms with E-state index in [-0.39, 0.29) is 17.9 Å². The second kappa shape index (κ2) is 9.78. The molecule has 6 nitrogen and oxygen atoms in total. The summed E-state index contributed by atoms with van der Waals surface area (Å²) in [6, 6.07) is 8.72.